The Morgan fingerprint density at radius 3 is 2.29 bits per heavy atom. The molecule has 1 aliphatic rings. The lowest BCUT2D eigenvalue weighted by Gasteiger charge is -2.38. The van der Waals surface area contributed by atoms with E-state index in [1.165, 1.54) is 34.6 Å². The second kappa shape index (κ2) is 13.9. The summed E-state index contributed by atoms with van der Waals surface area (Å²) in [5, 5.41) is 0.511. The third-order valence-corrected chi connectivity index (χ3v) is 10.4. The van der Waals surface area contributed by atoms with Crippen LogP contribution in [0.3, 0.4) is 0 Å². The fourth-order valence-electron chi connectivity index (χ4n) is 5.99. The normalized spacial score (nSPS) is 13.5. The number of ether oxygens (including phenoxy) is 1. The maximum atomic E-state index is 14.6. The van der Waals surface area contributed by atoms with Gasteiger partial charge in [0.15, 0.2) is 0 Å². The van der Waals surface area contributed by atoms with Crippen molar-refractivity contribution in [1.82, 2.24) is 4.90 Å². The lowest BCUT2D eigenvalue weighted by atomic mass is 10.1. The summed E-state index contributed by atoms with van der Waals surface area (Å²) in [4.78, 5) is 29.4. The Labute approximate surface area is 279 Å². The molecule has 0 spiro atoms. The Morgan fingerprint density at radius 2 is 1.58 bits per heavy atom. The molecule has 0 aliphatic carbocycles. The number of piperazine rings is 1. The van der Waals surface area contributed by atoms with Crippen LogP contribution in [-0.2, 0) is 21.2 Å². The molecule has 6 rings (SSSR count). The van der Waals surface area contributed by atoms with Crippen molar-refractivity contribution in [3.05, 3.63) is 125 Å². The third kappa shape index (κ3) is 6.64. The number of sulfonamides is 1. The fourth-order valence-corrected chi connectivity index (χ4v) is 7.50. The van der Waals surface area contributed by atoms with E-state index in [9.17, 15) is 22.4 Å². The molecule has 11 heteroatoms. The first-order valence-corrected chi connectivity index (χ1v) is 17.3. The van der Waals surface area contributed by atoms with E-state index in [1.54, 1.807) is 36.9 Å². The van der Waals surface area contributed by atoms with Crippen LogP contribution in [-0.4, -0.2) is 64.5 Å². The number of carbonyl (C=O) groups excluding carboxylic acids is 2. The van der Waals surface area contributed by atoms with Crippen LogP contribution >= 0.6 is 0 Å². The summed E-state index contributed by atoms with van der Waals surface area (Å²) < 4.78 is 55.0. The molecule has 0 saturated carbocycles. The van der Waals surface area contributed by atoms with Gasteiger partial charge in [-0.2, -0.15) is 0 Å². The molecule has 1 saturated heterocycles. The van der Waals surface area contributed by atoms with E-state index in [2.05, 4.69) is 4.90 Å². The number of halogens is 1. The standard InChI is InChI=1S/C37H36FN3O6S/c1-3-46-37(43)35-26(2)31-25-30(17-18-34(31)47-35)48(44,45)41(20-19-27-9-5-4-6-10-27)33-12-8-7-11-32(33)39-21-23-40(24-22-39)36(42)28-13-15-29(38)16-14-28/h4-18,25H,3,19-24H2,1-2H3. The van der Waals surface area contributed by atoms with Gasteiger partial charge in [0.05, 0.1) is 22.9 Å². The van der Waals surface area contributed by atoms with Crippen molar-refractivity contribution in [3.8, 4) is 0 Å². The second-order valence-corrected chi connectivity index (χ2v) is 13.4. The molecule has 1 amide bonds. The summed E-state index contributed by atoms with van der Waals surface area (Å²) in [5.41, 5.74) is 3.55. The predicted octanol–water partition coefficient (Wildman–Crippen LogP) is 6.46. The first kappa shape index (κ1) is 32.8. The number of fused-ring (bicyclic) bond motifs is 1. The highest BCUT2D eigenvalue weighted by Crippen LogP contribution is 2.36. The number of amides is 1. The molecule has 2 heterocycles. The van der Waals surface area contributed by atoms with Crippen LogP contribution in [0.5, 0.6) is 0 Å². The van der Waals surface area contributed by atoms with Crippen molar-refractivity contribution in [2.45, 2.75) is 25.2 Å². The Kier molecular flexibility index (Phi) is 9.49. The number of esters is 1. The molecule has 0 unspecified atom stereocenters. The van der Waals surface area contributed by atoms with Crippen molar-refractivity contribution in [2.24, 2.45) is 0 Å². The van der Waals surface area contributed by atoms with Crippen LogP contribution in [0.15, 0.2) is 106 Å². The summed E-state index contributed by atoms with van der Waals surface area (Å²) in [6.07, 6.45) is 0.467. The second-order valence-electron chi connectivity index (χ2n) is 11.5. The molecule has 0 radical (unpaired) electrons. The molecule has 0 bridgehead atoms. The van der Waals surface area contributed by atoms with Crippen molar-refractivity contribution in [3.63, 3.8) is 0 Å². The van der Waals surface area contributed by atoms with E-state index in [-0.39, 0.29) is 29.7 Å². The van der Waals surface area contributed by atoms with Gasteiger partial charge in [-0.15, -0.1) is 0 Å². The molecule has 1 aromatic heterocycles. The van der Waals surface area contributed by atoms with Crippen molar-refractivity contribution in [1.29, 1.82) is 0 Å². The molecule has 4 aromatic carbocycles. The highest BCUT2D eigenvalue weighted by Gasteiger charge is 2.31. The first-order valence-electron chi connectivity index (χ1n) is 15.8. The number of furan rings is 1. The molecular formula is C37H36FN3O6S. The van der Waals surface area contributed by atoms with Gasteiger partial charge in [-0.3, -0.25) is 9.10 Å². The molecule has 9 nitrogen and oxygen atoms in total. The fraction of sp³-hybridized carbons (Fsp3) is 0.243. The van der Waals surface area contributed by atoms with Gasteiger partial charge in [0, 0.05) is 49.2 Å². The largest absolute Gasteiger partial charge is 0.460 e. The minimum absolute atomic E-state index is 0.0460. The molecule has 1 fully saturated rings. The highest BCUT2D eigenvalue weighted by molar-refractivity contribution is 7.92. The van der Waals surface area contributed by atoms with Crippen LogP contribution in [0.2, 0.25) is 0 Å². The van der Waals surface area contributed by atoms with Crippen LogP contribution in [0.4, 0.5) is 15.8 Å². The van der Waals surface area contributed by atoms with Gasteiger partial charge in [0.2, 0.25) is 5.76 Å². The quantitative estimate of drug-likeness (QED) is 0.158. The molecule has 48 heavy (non-hydrogen) atoms. The lowest BCUT2D eigenvalue weighted by Crippen LogP contribution is -2.49. The van der Waals surface area contributed by atoms with Gasteiger partial charge in [-0.05, 0) is 80.4 Å². The number of benzene rings is 4. The first-order chi connectivity index (χ1) is 23.2. The van der Waals surface area contributed by atoms with Crippen LogP contribution in [0, 0.1) is 12.7 Å². The SMILES string of the molecule is CCOC(=O)c1oc2ccc(S(=O)(=O)N(CCc3ccccc3)c3ccccc3N3CCN(C(=O)c4ccc(F)cc4)CC3)cc2c1C. The van der Waals surface area contributed by atoms with Gasteiger partial charge in [0.1, 0.15) is 11.4 Å². The molecule has 0 atom stereocenters. The van der Waals surface area contributed by atoms with Gasteiger partial charge in [-0.25, -0.2) is 17.6 Å². The molecule has 1 aliphatic heterocycles. The molecule has 248 valence electrons. The smallest absolute Gasteiger partial charge is 0.374 e. The van der Waals surface area contributed by atoms with E-state index in [0.29, 0.717) is 60.4 Å². The zero-order valence-corrected chi connectivity index (χ0v) is 27.6. The topological polar surface area (TPSA) is 100 Å². The number of nitrogens with zero attached hydrogens (tertiary/aromatic N) is 3. The highest BCUT2D eigenvalue weighted by atomic mass is 32.2. The van der Waals surface area contributed by atoms with Crippen molar-refractivity contribution < 1.29 is 31.6 Å². The van der Waals surface area contributed by atoms with Gasteiger partial charge in [0.25, 0.3) is 15.9 Å². The average molecular weight is 670 g/mol. The number of carbonyl (C=O) groups is 2. The van der Waals surface area contributed by atoms with Crippen LogP contribution in [0.25, 0.3) is 11.0 Å². The maximum absolute atomic E-state index is 14.6. The maximum Gasteiger partial charge on any atom is 0.374 e. The lowest BCUT2D eigenvalue weighted by molar-refractivity contribution is 0.0491. The molecular weight excluding hydrogens is 633 g/mol. The summed E-state index contributed by atoms with van der Waals surface area (Å²) in [6, 6.07) is 27.2. The minimum atomic E-state index is -4.12. The number of rotatable bonds is 10. The Balaban J connectivity index is 1.33. The monoisotopic (exact) mass is 669 g/mol. The van der Waals surface area contributed by atoms with Crippen molar-refractivity contribution >= 4 is 44.2 Å². The Bertz CT molecular complexity index is 2040. The molecule has 0 N–H and O–H groups in total. The van der Waals surface area contributed by atoms with E-state index in [4.69, 9.17) is 9.15 Å². The number of hydrogen-bond acceptors (Lipinski definition) is 7. The number of para-hydroxylation sites is 2. The van der Waals surface area contributed by atoms with Crippen LogP contribution < -0.4 is 9.21 Å². The Morgan fingerprint density at radius 1 is 0.896 bits per heavy atom. The summed E-state index contributed by atoms with van der Waals surface area (Å²) >= 11 is 0. The number of anilines is 2. The molecule has 5 aromatic rings. The third-order valence-electron chi connectivity index (χ3n) is 8.55. The summed E-state index contributed by atoms with van der Waals surface area (Å²) in [6.45, 7) is 5.56. The van der Waals surface area contributed by atoms with Gasteiger partial charge >= 0.3 is 5.97 Å². The van der Waals surface area contributed by atoms with E-state index < -0.39 is 21.8 Å². The van der Waals surface area contributed by atoms with Crippen LogP contribution in [0.1, 0.15) is 39.0 Å². The zero-order valence-electron chi connectivity index (χ0n) is 26.8. The zero-order chi connectivity index (χ0) is 33.8. The summed E-state index contributed by atoms with van der Waals surface area (Å²) in [5.74, 6) is -1.13. The van der Waals surface area contributed by atoms with Gasteiger partial charge < -0.3 is 19.0 Å². The summed E-state index contributed by atoms with van der Waals surface area (Å²) in [7, 11) is -4.12. The number of aryl methyl sites for hydroxylation is 1. The predicted molar refractivity (Wildman–Crippen MR) is 183 cm³/mol. The van der Waals surface area contributed by atoms with E-state index >= 15 is 0 Å². The van der Waals surface area contributed by atoms with E-state index in [0.717, 1.165) is 11.3 Å². The van der Waals surface area contributed by atoms with Crippen molar-refractivity contribution in [2.75, 3.05) is 48.5 Å². The Hall–Kier alpha value is -5.16. The number of hydrogen-bond donors (Lipinski definition) is 0. The van der Waals surface area contributed by atoms with Gasteiger partial charge in [-0.1, -0.05) is 42.5 Å². The van der Waals surface area contributed by atoms with E-state index in [1.807, 2.05) is 48.5 Å². The minimum Gasteiger partial charge on any atom is -0.460 e. The average Bonchev–Trinajstić information content (AvgIpc) is 3.44.